The van der Waals surface area contributed by atoms with Crippen LogP contribution in [-0.2, 0) is 23.6 Å². The predicted molar refractivity (Wildman–Crippen MR) is 124 cm³/mol. The van der Waals surface area contributed by atoms with Gasteiger partial charge >= 0.3 is 18.4 Å². The smallest absolute Gasteiger partial charge is 0.416 e. The fourth-order valence-corrected chi connectivity index (χ4v) is 4.72. The molecule has 0 radical (unpaired) electrons. The van der Waals surface area contributed by atoms with E-state index in [2.05, 4.69) is 4.90 Å². The van der Waals surface area contributed by atoms with Crippen molar-refractivity contribution < 1.29 is 45.3 Å². The number of hydrogen-bond donors (Lipinski definition) is 0. The molecule has 2 atom stereocenters. The van der Waals surface area contributed by atoms with E-state index in [4.69, 9.17) is 14.2 Å². The fourth-order valence-electron chi connectivity index (χ4n) is 4.72. The van der Waals surface area contributed by atoms with Gasteiger partial charge in [0.05, 0.1) is 38.5 Å². The fraction of sp³-hybridized carbons (Fsp3) is 0.480. The van der Waals surface area contributed by atoms with E-state index < -0.39 is 42.2 Å². The van der Waals surface area contributed by atoms with Crippen molar-refractivity contribution in [3.8, 4) is 11.5 Å². The number of methoxy groups -OCH3 is 3. The van der Waals surface area contributed by atoms with Crippen LogP contribution in [0.4, 0.5) is 36.8 Å². The first-order chi connectivity index (χ1) is 17.2. The van der Waals surface area contributed by atoms with Crippen LogP contribution >= 0.6 is 0 Å². The van der Waals surface area contributed by atoms with Gasteiger partial charge in [0.1, 0.15) is 0 Å². The first-order valence-electron chi connectivity index (χ1n) is 11.4. The standard InChI is InChI=1S/C25H28F6N2O4/c1-6-32-14(2)7-19(18-11-21(35-3)22(36-4)12-20(18)32)33(23(34)37-5)13-15-8-16(24(26,27)28)10-17(9-15)25(29,30)31/h8-12,14,19H,6-7,13H2,1-5H3/t14-,19+/m1/s1. The van der Waals surface area contributed by atoms with E-state index in [0.29, 0.717) is 47.8 Å². The Kier molecular flexibility index (Phi) is 8.09. The van der Waals surface area contributed by atoms with Crippen molar-refractivity contribution in [1.29, 1.82) is 0 Å². The second kappa shape index (κ2) is 10.6. The first-order valence-corrected chi connectivity index (χ1v) is 11.4. The van der Waals surface area contributed by atoms with Gasteiger partial charge in [0.15, 0.2) is 11.5 Å². The summed E-state index contributed by atoms with van der Waals surface area (Å²) in [5.41, 5.74) is -1.93. The SMILES string of the molecule is CCN1c2cc(OC)c(OC)cc2[C@@H](N(Cc2cc(C(F)(F)F)cc(C(F)(F)F)c2)C(=O)OC)C[C@H]1C. The minimum Gasteiger partial charge on any atom is -0.493 e. The molecule has 1 amide bonds. The van der Waals surface area contributed by atoms with Crippen LogP contribution in [0.5, 0.6) is 11.5 Å². The summed E-state index contributed by atoms with van der Waals surface area (Å²) in [6.45, 7) is 3.92. The zero-order valence-corrected chi connectivity index (χ0v) is 21.0. The molecule has 0 spiro atoms. The largest absolute Gasteiger partial charge is 0.493 e. The molecule has 2 aromatic carbocycles. The van der Waals surface area contributed by atoms with Crippen molar-refractivity contribution in [2.75, 3.05) is 32.8 Å². The summed E-state index contributed by atoms with van der Waals surface area (Å²) in [7, 11) is 4.00. The molecule has 0 fully saturated rings. The van der Waals surface area contributed by atoms with Gasteiger partial charge < -0.3 is 19.1 Å². The van der Waals surface area contributed by atoms with Crippen LogP contribution in [0.3, 0.4) is 0 Å². The van der Waals surface area contributed by atoms with Gasteiger partial charge in [-0.15, -0.1) is 0 Å². The molecule has 0 unspecified atom stereocenters. The minimum atomic E-state index is -5.01. The zero-order valence-electron chi connectivity index (χ0n) is 21.0. The van der Waals surface area contributed by atoms with Gasteiger partial charge in [0, 0.05) is 36.4 Å². The normalized spacial score (nSPS) is 17.8. The summed E-state index contributed by atoms with van der Waals surface area (Å²) in [5.74, 6) is 0.796. The van der Waals surface area contributed by atoms with Gasteiger partial charge in [-0.1, -0.05) is 0 Å². The van der Waals surface area contributed by atoms with Crippen molar-refractivity contribution in [1.82, 2.24) is 4.90 Å². The summed E-state index contributed by atoms with van der Waals surface area (Å²) in [6, 6.07) is 3.83. The maximum atomic E-state index is 13.4. The Hall–Kier alpha value is -3.31. The number of benzene rings is 2. The Morgan fingerprint density at radius 3 is 1.95 bits per heavy atom. The molecule has 2 aromatic rings. The number of carbonyl (C=O) groups is 1. The highest BCUT2D eigenvalue weighted by Crippen LogP contribution is 2.46. The number of alkyl halides is 6. The number of rotatable bonds is 6. The molecule has 0 saturated carbocycles. The van der Waals surface area contributed by atoms with Crippen LogP contribution in [0.15, 0.2) is 30.3 Å². The molecule has 0 N–H and O–H groups in total. The van der Waals surface area contributed by atoms with Crippen molar-refractivity contribution in [3.05, 3.63) is 52.6 Å². The second-order valence-electron chi connectivity index (χ2n) is 8.66. The van der Waals surface area contributed by atoms with Gasteiger partial charge in [-0.25, -0.2) is 4.79 Å². The number of amides is 1. The summed E-state index contributed by atoms with van der Waals surface area (Å²) in [5, 5.41) is 0. The van der Waals surface area contributed by atoms with Crippen molar-refractivity contribution >= 4 is 11.8 Å². The van der Waals surface area contributed by atoms with Crippen molar-refractivity contribution in [3.63, 3.8) is 0 Å². The monoisotopic (exact) mass is 534 g/mol. The average molecular weight is 534 g/mol. The van der Waals surface area contributed by atoms with Crippen LogP contribution in [0.25, 0.3) is 0 Å². The lowest BCUT2D eigenvalue weighted by Gasteiger charge is -2.44. The maximum Gasteiger partial charge on any atom is 0.416 e. The highest BCUT2D eigenvalue weighted by atomic mass is 19.4. The van der Waals surface area contributed by atoms with E-state index in [-0.39, 0.29) is 17.7 Å². The highest BCUT2D eigenvalue weighted by molar-refractivity contribution is 5.71. The quantitative estimate of drug-likeness (QED) is 0.388. The number of anilines is 1. The van der Waals surface area contributed by atoms with E-state index in [1.165, 1.54) is 14.2 Å². The topological polar surface area (TPSA) is 51.2 Å². The van der Waals surface area contributed by atoms with Crippen molar-refractivity contribution in [2.45, 2.75) is 51.2 Å². The van der Waals surface area contributed by atoms with E-state index in [1.54, 1.807) is 12.1 Å². The summed E-state index contributed by atoms with van der Waals surface area (Å²) in [6.07, 6.45) is -10.6. The molecular formula is C25H28F6N2O4. The molecule has 0 aliphatic carbocycles. The summed E-state index contributed by atoms with van der Waals surface area (Å²) in [4.78, 5) is 16.1. The van der Waals surface area contributed by atoms with Gasteiger partial charge in [-0.05, 0) is 50.1 Å². The molecule has 0 bridgehead atoms. The molecule has 0 aromatic heterocycles. The van der Waals surface area contributed by atoms with Gasteiger partial charge in [-0.2, -0.15) is 26.3 Å². The number of nitrogens with zero attached hydrogens (tertiary/aromatic N) is 2. The Labute approximate surface area is 210 Å². The molecule has 1 aliphatic rings. The van der Waals surface area contributed by atoms with Crippen LogP contribution in [0.2, 0.25) is 0 Å². The van der Waals surface area contributed by atoms with Crippen LogP contribution in [0.1, 0.15) is 48.6 Å². The Morgan fingerprint density at radius 1 is 0.946 bits per heavy atom. The molecule has 1 heterocycles. The molecular weight excluding hydrogens is 506 g/mol. The number of ether oxygens (including phenoxy) is 3. The van der Waals surface area contributed by atoms with E-state index in [0.717, 1.165) is 12.0 Å². The molecule has 3 rings (SSSR count). The van der Waals surface area contributed by atoms with E-state index in [1.807, 2.05) is 13.8 Å². The number of carbonyl (C=O) groups excluding carboxylic acids is 1. The Balaban J connectivity index is 2.17. The Morgan fingerprint density at radius 2 is 1.49 bits per heavy atom. The predicted octanol–water partition coefficient (Wildman–Crippen LogP) is 6.67. The molecule has 0 saturated heterocycles. The highest BCUT2D eigenvalue weighted by Gasteiger charge is 2.39. The van der Waals surface area contributed by atoms with E-state index in [9.17, 15) is 31.1 Å². The molecule has 37 heavy (non-hydrogen) atoms. The lowest BCUT2D eigenvalue weighted by Crippen LogP contribution is -2.45. The summed E-state index contributed by atoms with van der Waals surface area (Å²) >= 11 is 0. The number of halogens is 6. The maximum absolute atomic E-state index is 13.4. The van der Waals surface area contributed by atoms with Crippen molar-refractivity contribution in [2.24, 2.45) is 0 Å². The molecule has 204 valence electrons. The molecule has 12 heteroatoms. The third-order valence-corrected chi connectivity index (χ3v) is 6.42. The second-order valence-corrected chi connectivity index (χ2v) is 8.66. The average Bonchev–Trinajstić information content (AvgIpc) is 2.84. The zero-order chi connectivity index (χ0) is 27.7. The third-order valence-electron chi connectivity index (χ3n) is 6.42. The molecule has 1 aliphatic heterocycles. The third kappa shape index (κ3) is 5.83. The number of fused-ring (bicyclic) bond motifs is 1. The summed E-state index contributed by atoms with van der Waals surface area (Å²) < 4.78 is 96.3. The lowest BCUT2D eigenvalue weighted by molar-refractivity contribution is -0.143. The van der Waals surface area contributed by atoms with Crippen LogP contribution in [-0.4, -0.2) is 44.9 Å². The van der Waals surface area contributed by atoms with Gasteiger partial charge in [-0.3, -0.25) is 4.90 Å². The van der Waals surface area contributed by atoms with Gasteiger partial charge in [0.25, 0.3) is 0 Å². The van der Waals surface area contributed by atoms with E-state index >= 15 is 0 Å². The first kappa shape index (κ1) is 28.3. The Bertz CT molecular complexity index is 1100. The molecule has 6 nitrogen and oxygen atoms in total. The van der Waals surface area contributed by atoms with Gasteiger partial charge in [0.2, 0.25) is 0 Å². The van der Waals surface area contributed by atoms with Crippen LogP contribution in [0, 0.1) is 0 Å². The lowest BCUT2D eigenvalue weighted by atomic mass is 9.89. The van der Waals surface area contributed by atoms with Crippen LogP contribution < -0.4 is 14.4 Å². The number of hydrogen-bond acceptors (Lipinski definition) is 5. The minimum absolute atomic E-state index is 0.0558.